The first kappa shape index (κ1) is 13.4. The molecule has 1 fully saturated rings. The zero-order valence-corrected chi connectivity index (χ0v) is 11.5. The number of hydrogen-bond acceptors (Lipinski definition) is 3. The Bertz CT molecular complexity index is 361. The second-order valence-corrected chi connectivity index (χ2v) is 5.04. The van der Waals surface area contributed by atoms with Crippen molar-refractivity contribution in [3.8, 4) is 0 Å². The van der Waals surface area contributed by atoms with Crippen LogP contribution in [0, 0.1) is 0 Å². The second kappa shape index (κ2) is 6.76. The van der Waals surface area contributed by atoms with Crippen molar-refractivity contribution >= 4 is 5.69 Å². The first-order chi connectivity index (χ1) is 8.78. The molecule has 18 heavy (non-hydrogen) atoms. The molecule has 0 bridgehead atoms. The molecule has 0 aliphatic carbocycles. The van der Waals surface area contributed by atoms with Crippen LogP contribution in [-0.4, -0.2) is 37.2 Å². The molecule has 2 rings (SSSR count). The highest BCUT2D eigenvalue weighted by molar-refractivity contribution is 5.46. The van der Waals surface area contributed by atoms with E-state index in [0.717, 1.165) is 39.3 Å². The van der Waals surface area contributed by atoms with Crippen LogP contribution in [0.2, 0.25) is 0 Å². The van der Waals surface area contributed by atoms with E-state index in [2.05, 4.69) is 48.3 Å². The lowest BCUT2D eigenvalue weighted by Crippen LogP contribution is -2.35. The van der Waals surface area contributed by atoms with Gasteiger partial charge in [-0.15, -0.1) is 0 Å². The standard InChI is InChI=1S/C15H24N2O/c1-3-13(2)16-15-6-4-5-14(11-15)12-17-7-9-18-10-8-17/h4-6,11,13,16H,3,7-10,12H2,1-2H3. The summed E-state index contributed by atoms with van der Waals surface area (Å²) in [6, 6.07) is 9.29. The van der Waals surface area contributed by atoms with Gasteiger partial charge < -0.3 is 10.1 Å². The number of benzene rings is 1. The smallest absolute Gasteiger partial charge is 0.0594 e. The molecule has 1 aromatic carbocycles. The molecule has 3 nitrogen and oxygen atoms in total. The minimum absolute atomic E-state index is 0.531. The Labute approximate surface area is 110 Å². The molecule has 0 saturated carbocycles. The number of hydrogen-bond donors (Lipinski definition) is 1. The number of ether oxygens (including phenoxy) is 1. The normalized spacial score (nSPS) is 18.6. The van der Waals surface area contributed by atoms with Crippen molar-refractivity contribution in [3.63, 3.8) is 0 Å². The van der Waals surface area contributed by atoms with E-state index < -0.39 is 0 Å². The molecule has 1 N–H and O–H groups in total. The number of nitrogens with zero attached hydrogens (tertiary/aromatic N) is 1. The van der Waals surface area contributed by atoms with Gasteiger partial charge in [-0.2, -0.15) is 0 Å². The van der Waals surface area contributed by atoms with Gasteiger partial charge in [-0.3, -0.25) is 4.90 Å². The summed E-state index contributed by atoms with van der Waals surface area (Å²) in [6.45, 7) is 9.27. The molecule has 0 radical (unpaired) electrons. The Morgan fingerprint density at radius 2 is 2.11 bits per heavy atom. The molecule has 1 aliphatic heterocycles. The minimum Gasteiger partial charge on any atom is -0.383 e. The van der Waals surface area contributed by atoms with Gasteiger partial charge >= 0.3 is 0 Å². The second-order valence-electron chi connectivity index (χ2n) is 5.04. The third kappa shape index (κ3) is 4.00. The van der Waals surface area contributed by atoms with Crippen molar-refractivity contribution in [2.75, 3.05) is 31.6 Å². The molecule has 1 heterocycles. The average Bonchev–Trinajstić information content (AvgIpc) is 2.40. The van der Waals surface area contributed by atoms with Crippen LogP contribution in [0.1, 0.15) is 25.8 Å². The predicted octanol–water partition coefficient (Wildman–Crippen LogP) is 2.73. The van der Waals surface area contributed by atoms with Gasteiger partial charge in [-0.05, 0) is 31.0 Å². The van der Waals surface area contributed by atoms with E-state index in [4.69, 9.17) is 4.74 Å². The summed E-state index contributed by atoms with van der Waals surface area (Å²) >= 11 is 0. The maximum Gasteiger partial charge on any atom is 0.0594 e. The fourth-order valence-corrected chi connectivity index (χ4v) is 2.16. The van der Waals surface area contributed by atoms with E-state index in [1.165, 1.54) is 11.3 Å². The topological polar surface area (TPSA) is 24.5 Å². The molecule has 1 aromatic rings. The summed E-state index contributed by atoms with van der Waals surface area (Å²) in [4.78, 5) is 2.45. The Balaban J connectivity index is 1.93. The van der Waals surface area contributed by atoms with E-state index >= 15 is 0 Å². The van der Waals surface area contributed by atoms with E-state index in [0.29, 0.717) is 6.04 Å². The largest absolute Gasteiger partial charge is 0.383 e. The Hall–Kier alpha value is -1.06. The van der Waals surface area contributed by atoms with Gasteiger partial charge in [-0.1, -0.05) is 19.1 Å². The molecule has 3 heteroatoms. The van der Waals surface area contributed by atoms with Crippen molar-refractivity contribution in [1.82, 2.24) is 4.90 Å². The fraction of sp³-hybridized carbons (Fsp3) is 0.600. The molecule has 1 saturated heterocycles. The zero-order valence-electron chi connectivity index (χ0n) is 11.5. The molecular formula is C15H24N2O. The predicted molar refractivity (Wildman–Crippen MR) is 75.9 cm³/mol. The molecule has 1 atom stereocenters. The summed E-state index contributed by atoms with van der Waals surface area (Å²) in [5, 5.41) is 3.53. The molecule has 0 spiro atoms. The van der Waals surface area contributed by atoms with Crippen LogP contribution in [0.5, 0.6) is 0 Å². The Morgan fingerprint density at radius 1 is 1.33 bits per heavy atom. The highest BCUT2D eigenvalue weighted by atomic mass is 16.5. The van der Waals surface area contributed by atoms with Crippen LogP contribution in [0.15, 0.2) is 24.3 Å². The lowest BCUT2D eigenvalue weighted by Gasteiger charge is -2.26. The van der Waals surface area contributed by atoms with Gasteiger partial charge in [0.15, 0.2) is 0 Å². The van der Waals surface area contributed by atoms with Crippen molar-refractivity contribution < 1.29 is 4.74 Å². The first-order valence-electron chi connectivity index (χ1n) is 6.93. The van der Waals surface area contributed by atoms with Crippen LogP contribution in [0.25, 0.3) is 0 Å². The van der Waals surface area contributed by atoms with E-state index in [9.17, 15) is 0 Å². The van der Waals surface area contributed by atoms with Crippen LogP contribution in [0.3, 0.4) is 0 Å². The van der Waals surface area contributed by atoms with Gasteiger partial charge in [0.1, 0.15) is 0 Å². The molecular weight excluding hydrogens is 224 g/mol. The summed E-state index contributed by atoms with van der Waals surface area (Å²) < 4.78 is 5.37. The van der Waals surface area contributed by atoms with E-state index in [1.807, 2.05) is 0 Å². The summed E-state index contributed by atoms with van der Waals surface area (Å²) in [6.07, 6.45) is 1.15. The lowest BCUT2D eigenvalue weighted by molar-refractivity contribution is 0.0342. The van der Waals surface area contributed by atoms with Crippen LogP contribution in [0.4, 0.5) is 5.69 Å². The Kier molecular flexibility index (Phi) is 5.02. The summed E-state index contributed by atoms with van der Waals surface area (Å²) in [7, 11) is 0. The fourth-order valence-electron chi connectivity index (χ4n) is 2.16. The SMILES string of the molecule is CCC(C)Nc1cccc(CN2CCOCC2)c1. The van der Waals surface area contributed by atoms with Gasteiger partial charge in [0.05, 0.1) is 13.2 Å². The van der Waals surface area contributed by atoms with Crippen LogP contribution < -0.4 is 5.32 Å². The van der Waals surface area contributed by atoms with Crippen molar-refractivity contribution in [2.45, 2.75) is 32.9 Å². The Morgan fingerprint density at radius 3 is 2.83 bits per heavy atom. The summed E-state index contributed by atoms with van der Waals surface area (Å²) in [5.74, 6) is 0. The number of nitrogens with one attached hydrogen (secondary N) is 1. The highest BCUT2D eigenvalue weighted by Gasteiger charge is 2.10. The zero-order chi connectivity index (χ0) is 12.8. The van der Waals surface area contributed by atoms with Gasteiger partial charge in [0.2, 0.25) is 0 Å². The van der Waals surface area contributed by atoms with Gasteiger partial charge in [0.25, 0.3) is 0 Å². The molecule has 100 valence electrons. The lowest BCUT2D eigenvalue weighted by atomic mass is 10.1. The van der Waals surface area contributed by atoms with Crippen molar-refractivity contribution in [2.24, 2.45) is 0 Å². The quantitative estimate of drug-likeness (QED) is 0.867. The first-order valence-corrected chi connectivity index (χ1v) is 6.93. The van der Waals surface area contributed by atoms with Crippen molar-refractivity contribution in [3.05, 3.63) is 29.8 Å². The maximum atomic E-state index is 5.37. The third-order valence-corrected chi connectivity index (χ3v) is 3.46. The monoisotopic (exact) mass is 248 g/mol. The number of rotatable bonds is 5. The maximum absolute atomic E-state index is 5.37. The average molecular weight is 248 g/mol. The molecule has 0 aromatic heterocycles. The number of anilines is 1. The van der Waals surface area contributed by atoms with E-state index in [-0.39, 0.29) is 0 Å². The van der Waals surface area contributed by atoms with Gasteiger partial charge in [-0.25, -0.2) is 0 Å². The van der Waals surface area contributed by atoms with Crippen LogP contribution >= 0.6 is 0 Å². The highest BCUT2D eigenvalue weighted by Crippen LogP contribution is 2.15. The molecule has 1 aliphatic rings. The number of morpholine rings is 1. The van der Waals surface area contributed by atoms with Crippen molar-refractivity contribution in [1.29, 1.82) is 0 Å². The van der Waals surface area contributed by atoms with Gasteiger partial charge in [0, 0.05) is 31.4 Å². The van der Waals surface area contributed by atoms with Crippen LogP contribution in [-0.2, 0) is 11.3 Å². The minimum atomic E-state index is 0.531. The molecule has 0 amide bonds. The van der Waals surface area contributed by atoms with E-state index in [1.54, 1.807) is 0 Å². The molecule has 1 unspecified atom stereocenters. The third-order valence-electron chi connectivity index (χ3n) is 3.46. The summed E-state index contributed by atoms with van der Waals surface area (Å²) in [5.41, 5.74) is 2.61.